The van der Waals surface area contributed by atoms with Crippen molar-refractivity contribution in [3.05, 3.63) is 57.9 Å². The van der Waals surface area contributed by atoms with Gasteiger partial charge >= 0.3 is 12.1 Å². The van der Waals surface area contributed by atoms with Crippen LogP contribution in [0, 0.1) is 23.5 Å². The van der Waals surface area contributed by atoms with Gasteiger partial charge < -0.3 is 40.2 Å². The van der Waals surface area contributed by atoms with E-state index in [2.05, 4.69) is 10.3 Å². The smallest absolute Gasteiger partial charge is 0.414 e. The first-order valence-corrected chi connectivity index (χ1v) is 16.9. The molecule has 278 valence electrons. The summed E-state index contributed by atoms with van der Waals surface area (Å²) in [5.74, 6) is -3.98. The van der Waals surface area contributed by atoms with Gasteiger partial charge in [0, 0.05) is 64.3 Å². The molecule has 5 heterocycles. The molecule has 0 radical (unpaired) electrons. The summed E-state index contributed by atoms with van der Waals surface area (Å²) >= 11 is 0. The van der Waals surface area contributed by atoms with E-state index in [0.29, 0.717) is 37.6 Å². The number of anilines is 3. The summed E-state index contributed by atoms with van der Waals surface area (Å²) < 4.78 is 37.9. The van der Waals surface area contributed by atoms with E-state index < -0.39 is 46.7 Å². The maximum absolute atomic E-state index is 15.6. The summed E-state index contributed by atoms with van der Waals surface area (Å²) in [6.45, 7) is 3.62. The molecule has 4 N–H and O–H groups in total. The number of amides is 3. The number of ether oxygens (including phenoxy) is 1. The molecule has 3 amide bonds. The summed E-state index contributed by atoms with van der Waals surface area (Å²) in [4.78, 5) is 73.1. The number of cyclic esters (lactones) is 1. The van der Waals surface area contributed by atoms with Crippen molar-refractivity contribution in [3.63, 3.8) is 0 Å². The maximum Gasteiger partial charge on any atom is 0.414 e. The third-order valence-electron chi connectivity index (χ3n) is 10.1. The lowest BCUT2D eigenvalue weighted by molar-refractivity contribution is -0.136. The summed E-state index contributed by atoms with van der Waals surface area (Å²) in [5, 5.41) is 12.0. The number of pyridine rings is 2. The fourth-order valence-electron chi connectivity index (χ4n) is 7.22. The quantitative estimate of drug-likeness (QED) is 0.294. The molecule has 0 bridgehead atoms. The van der Waals surface area contributed by atoms with Crippen LogP contribution in [0.15, 0.2) is 35.3 Å². The third-order valence-corrected chi connectivity index (χ3v) is 10.1. The normalized spacial score (nSPS) is 21.7. The predicted octanol–water partition coefficient (Wildman–Crippen LogP) is 2.17. The largest absolute Gasteiger partial charge is 0.477 e. The standard InChI is InChI=1S/C34H38F2N8O7.CH4/c1-18(45)38-13-22-15-44(34(50)51-22)21-4-5-28(26(35)10-21)40-6-8-41(9-7-40)32(47)24-16-42(14-19(24)12-37)31-27(36)11-23-29(46)25(33(48)49)17-43(20-2-3-20)30(23)39-31;/h4-5,10-11,17,19-20,22,24H,2-3,6-9,12-16,37H2,1H3,(H,38,45)(H,48,49);1H4/t19-,22?,24-;/m1./s1. The van der Waals surface area contributed by atoms with E-state index in [4.69, 9.17) is 10.5 Å². The zero-order valence-corrected chi connectivity index (χ0v) is 27.9. The number of piperazine rings is 1. The van der Waals surface area contributed by atoms with Crippen LogP contribution in [-0.2, 0) is 14.3 Å². The van der Waals surface area contributed by atoms with Crippen molar-refractivity contribution in [2.45, 2.75) is 39.3 Å². The van der Waals surface area contributed by atoms with Gasteiger partial charge in [-0.3, -0.25) is 19.3 Å². The Balaban J connectivity index is 0.00000464. The molecule has 3 aliphatic heterocycles. The number of nitrogens with one attached hydrogen (secondary N) is 1. The summed E-state index contributed by atoms with van der Waals surface area (Å²) in [5.41, 5.74) is 5.72. The minimum atomic E-state index is -1.39. The van der Waals surface area contributed by atoms with Gasteiger partial charge in [0.05, 0.1) is 35.8 Å². The number of carbonyl (C=O) groups excluding carboxylic acids is 3. The molecule has 1 unspecified atom stereocenters. The first-order chi connectivity index (χ1) is 24.4. The summed E-state index contributed by atoms with van der Waals surface area (Å²) in [6.07, 6.45) is 1.66. The number of aromatic carboxylic acids is 1. The van der Waals surface area contributed by atoms with Crippen molar-refractivity contribution in [2.24, 2.45) is 17.6 Å². The van der Waals surface area contributed by atoms with Crippen LogP contribution in [0.4, 0.5) is 30.8 Å². The Kier molecular flexibility index (Phi) is 10.1. The average molecular weight is 725 g/mol. The van der Waals surface area contributed by atoms with Crippen LogP contribution >= 0.6 is 0 Å². The highest BCUT2D eigenvalue weighted by Crippen LogP contribution is 2.38. The number of carboxylic acids is 1. The van der Waals surface area contributed by atoms with Crippen LogP contribution in [0.1, 0.15) is 43.6 Å². The van der Waals surface area contributed by atoms with Crippen LogP contribution in [-0.4, -0.2) is 108 Å². The average Bonchev–Trinajstić information content (AvgIpc) is 3.75. The molecule has 4 aliphatic rings. The number of carboxylic acid groups (broad SMARTS) is 1. The van der Waals surface area contributed by atoms with Crippen molar-refractivity contribution in [2.75, 3.05) is 73.6 Å². The van der Waals surface area contributed by atoms with E-state index in [1.807, 2.05) is 4.90 Å². The van der Waals surface area contributed by atoms with E-state index in [1.54, 1.807) is 26.5 Å². The fraction of sp³-hybridized carbons (Fsp3) is 0.486. The molecule has 3 saturated heterocycles. The SMILES string of the molecule is C.CC(=O)NCC1CN(c2ccc(N3CCN(C(=O)[C@@H]4CN(c5nc6c(cc5F)c(=O)c(C(=O)O)cn6C5CC5)C[C@H]4CN)CC3)c(F)c2)C(=O)O1. The Bertz CT molecular complexity index is 1980. The van der Waals surface area contributed by atoms with E-state index in [1.165, 1.54) is 24.1 Å². The molecule has 7 rings (SSSR count). The molecule has 1 aliphatic carbocycles. The van der Waals surface area contributed by atoms with Crippen molar-refractivity contribution in [1.29, 1.82) is 0 Å². The molecule has 1 saturated carbocycles. The van der Waals surface area contributed by atoms with E-state index in [9.17, 15) is 29.1 Å². The number of halogens is 2. The first kappa shape index (κ1) is 36.5. The molecule has 3 aromatic rings. The van der Waals surface area contributed by atoms with Gasteiger partial charge in [0.15, 0.2) is 11.6 Å². The highest BCUT2D eigenvalue weighted by Gasteiger charge is 2.41. The molecule has 2 aromatic heterocycles. The Hall–Kier alpha value is -5.32. The lowest BCUT2D eigenvalue weighted by atomic mass is 9.94. The minimum Gasteiger partial charge on any atom is -0.477 e. The number of benzene rings is 1. The van der Waals surface area contributed by atoms with Crippen molar-refractivity contribution in [1.82, 2.24) is 19.8 Å². The number of nitrogens with two attached hydrogens (primary N) is 1. The zero-order chi connectivity index (χ0) is 36.1. The molecule has 15 nitrogen and oxygen atoms in total. The second-order valence-electron chi connectivity index (χ2n) is 13.5. The molecule has 4 fully saturated rings. The van der Waals surface area contributed by atoms with Gasteiger partial charge in [-0.2, -0.15) is 0 Å². The third kappa shape index (κ3) is 6.83. The van der Waals surface area contributed by atoms with Crippen molar-refractivity contribution < 1.29 is 37.8 Å². The van der Waals surface area contributed by atoms with Crippen LogP contribution < -0.4 is 31.2 Å². The van der Waals surface area contributed by atoms with Gasteiger partial charge in [0.2, 0.25) is 17.2 Å². The Morgan fingerprint density at radius 3 is 2.38 bits per heavy atom. The van der Waals surface area contributed by atoms with E-state index >= 15 is 8.78 Å². The van der Waals surface area contributed by atoms with Crippen LogP contribution in [0.5, 0.6) is 0 Å². The highest BCUT2D eigenvalue weighted by molar-refractivity contribution is 5.92. The second kappa shape index (κ2) is 14.4. The van der Waals surface area contributed by atoms with Crippen LogP contribution in [0.2, 0.25) is 0 Å². The lowest BCUT2D eigenvalue weighted by Crippen LogP contribution is -2.52. The van der Waals surface area contributed by atoms with Gasteiger partial charge in [-0.1, -0.05) is 7.43 Å². The number of hydrogen-bond acceptors (Lipinski definition) is 10. The van der Waals surface area contributed by atoms with E-state index in [-0.39, 0.29) is 80.8 Å². The first-order valence-electron chi connectivity index (χ1n) is 16.9. The van der Waals surface area contributed by atoms with E-state index in [0.717, 1.165) is 18.9 Å². The number of fused-ring (bicyclic) bond motifs is 1. The number of aromatic nitrogens is 2. The number of carbonyl (C=O) groups is 4. The highest BCUT2D eigenvalue weighted by atomic mass is 19.1. The van der Waals surface area contributed by atoms with Gasteiger partial charge in [-0.05, 0) is 43.7 Å². The molecule has 3 atom stereocenters. The van der Waals surface area contributed by atoms with Gasteiger partial charge in [0.1, 0.15) is 23.1 Å². The predicted molar refractivity (Wildman–Crippen MR) is 188 cm³/mol. The van der Waals surface area contributed by atoms with Gasteiger partial charge in [0.25, 0.3) is 0 Å². The van der Waals surface area contributed by atoms with Crippen molar-refractivity contribution in [3.8, 4) is 0 Å². The Morgan fingerprint density at radius 1 is 1.02 bits per heavy atom. The van der Waals surface area contributed by atoms with Crippen LogP contribution in [0.25, 0.3) is 11.0 Å². The van der Waals surface area contributed by atoms with Crippen LogP contribution in [0.3, 0.4) is 0 Å². The van der Waals surface area contributed by atoms with Gasteiger partial charge in [-0.25, -0.2) is 23.4 Å². The monoisotopic (exact) mass is 724 g/mol. The zero-order valence-electron chi connectivity index (χ0n) is 27.9. The molecule has 17 heteroatoms. The number of rotatable bonds is 9. The summed E-state index contributed by atoms with van der Waals surface area (Å²) in [6, 6.07) is 5.48. The molecular weight excluding hydrogens is 682 g/mol. The number of nitrogens with zero attached hydrogens (tertiary/aromatic N) is 6. The Labute approximate surface area is 297 Å². The van der Waals surface area contributed by atoms with Crippen molar-refractivity contribution >= 4 is 52.1 Å². The maximum atomic E-state index is 15.6. The number of hydrogen-bond donors (Lipinski definition) is 3. The minimum absolute atomic E-state index is 0. The topological polar surface area (TPSA) is 184 Å². The molecular formula is C35H42F2N8O7. The Morgan fingerprint density at radius 2 is 1.75 bits per heavy atom. The second-order valence-corrected chi connectivity index (χ2v) is 13.5. The summed E-state index contributed by atoms with van der Waals surface area (Å²) in [7, 11) is 0. The molecule has 52 heavy (non-hydrogen) atoms. The fourth-order valence-corrected chi connectivity index (χ4v) is 7.22. The molecule has 0 spiro atoms. The lowest BCUT2D eigenvalue weighted by Gasteiger charge is -2.38. The molecule has 1 aromatic carbocycles. The van der Waals surface area contributed by atoms with Gasteiger partial charge in [-0.15, -0.1) is 0 Å².